The van der Waals surface area contributed by atoms with Crippen molar-refractivity contribution in [2.75, 3.05) is 11.1 Å². The summed E-state index contributed by atoms with van der Waals surface area (Å²) in [6.45, 7) is 2.15. The monoisotopic (exact) mass is 273 g/mol. The van der Waals surface area contributed by atoms with E-state index in [4.69, 9.17) is 5.73 Å². The molecule has 1 atom stereocenters. The molecule has 2 aliphatic carbocycles. The lowest BCUT2D eigenvalue weighted by Gasteiger charge is -2.22. The third-order valence-electron chi connectivity index (χ3n) is 4.70. The van der Waals surface area contributed by atoms with Gasteiger partial charge in [0.1, 0.15) is 17.5 Å². The average molecular weight is 273 g/mol. The van der Waals surface area contributed by atoms with Gasteiger partial charge in [-0.05, 0) is 38.5 Å². The molecule has 0 spiro atoms. The molecule has 2 aliphatic rings. The molecule has 108 valence electrons. The average Bonchev–Trinajstić information content (AvgIpc) is 3.25. The van der Waals surface area contributed by atoms with Crippen LogP contribution in [0.5, 0.6) is 0 Å². The number of nitrogens with zero attached hydrogens (tertiary/aromatic N) is 3. The first kappa shape index (κ1) is 13.3. The molecule has 3 N–H and O–H groups in total. The number of rotatable bonds is 4. The van der Waals surface area contributed by atoms with E-state index >= 15 is 0 Å². The Bertz CT molecular complexity index is 517. The number of hydrogen-bond acceptors (Lipinski definition) is 4. The molecular formula is C15H23N5. The van der Waals surface area contributed by atoms with Crippen molar-refractivity contribution in [2.45, 2.75) is 64.0 Å². The molecule has 0 radical (unpaired) electrons. The predicted octanol–water partition coefficient (Wildman–Crippen LogP) is 3.05. The van der Waals surface area contributed by atoms with Gasteiger partial charge in [-0.1, -0.05) is 19.3 Å². The maximum absolute atomic E-state index is 9.35. The zero-order valence-corrected chi connectivity index (χ0v) is 12.1. The third kappa shape index (κ3) is 2.47. The molecule has 1 aromatic rings. The largest absolute Gasteiger partial charge is 0.383 e. The fraction of sp³-hybridized carbons (Fsp3) is 0.733. The van der Waals surface area contributed by atoms with Crippen molar-refractivity contribution in [3.63, 3.8) is 0 Å². The van der Waals surface area contributed by atoms with Crippen LogP contribution in [0.25, 0.3) is 0 Å². The Balaban J connectivity index is 1.82. The van der Waals surface area contributed by atoms with E-state index in [0.29, 0.717) is 35.2 Å². The quantitative estimate of drug-likeness (QED) is 0.883. The number of hydrogen-bond donors (Lipinski definition) is 2. The van der Waals surface area contributed by atoms with Crippen LogP contribution in [-0.4, -0.2) is 15.8 Å². The van der Waals surface area contributed by atoms with E-state index in [1.165, 1.54) is 32.1 Å². The van der Waals surface area contributed by atoms with Crippen LogP contribution in [0.3, 0.4) is 0 Å². The van der Waals surface area contributed by atoms with E-state index in [0.717, 1.165) is 12.8 Å². The van der Waals surface area contributed by atoms with Gasteiger partial charge in [-0.15, -0.1) is 0 Å². The summed E-state index contributed by atoms with van der Waals surface area (Å²) in [7, 11) is 0. The number of nitrogen functional groups attached to an aromatic ring is 1. The van der Waals surface area contributed by atoms with Gasteiger partial charge in [0.2, 0.25) is 0 Å². The summed E-state index contributed by atoms with van der Waals surface area (Å²) in [5.74, 6) is 1.88. The van der Waals surface area contributed by atoms with Crippen LogP contribution < -0.4 is 11.1 Å². The van der Waals surface area contributed by atoms with Gasteiger partial charge in [0.05, 0.1) is 6.04 Å². The third-order valence-corrected chi connectivity index (χ3v) is 4.70. The maximum atomic E-state index is 9.35. The lowest BCUT2D eigenvalue weighted by molar-refractivity contribution is 0.441. The molecular weight excluding hydrogens is 250 g/mol. The molecule has 0 saturated heterocycles. The molecule has 3 rings (SSSR count). The van der Waals surface area contributed by atoms with Crippen LogP contribution in [0.4, 0.5) is 11.6 Å². The lowest BCUT2D eigenvalue weighted by Crippen LogP contribution is -2.23. The summed E-state index contributed by atoms with van der Waals surface area (Å²) >= 11 is 0. The number of aromatic nitrogens is 2. The zero-order chi connectivity index (χ0) is 14.1. The molecule has 5 heteroatoms. The SMILES string of the molecule is CC(C1CC1)n1nc(NC2CCCCC2)c(C#N)c1N. The van der Waals surface area contributed by atoms with Crippen LogP contribution in [-0.2, 0) is 0 Å². The van der Waals surface area contributed by atoms with Crippen molar-refractivity contribution >= 4 is 11.6 Å². The van der Waals surface area contributed by atoms with E-state index in [2.05, 4.69) is 23.4 Å². The number of nitriles is 1. The highest BCUT2D eigenvalue weighted by molar-refractivity contribution is 5.64. The molecule has 20 heavy (non-hydrogen) atoms. The molecule has 1 heterocycles. The highest BCUT2D eigenvalue weighted by Gasteiger charge is 2.32. The fourth-order valence-corrected chi connectivity index (χ4v) is 3.19. The highest BCUT2D eigenvalue weighted by Crippen LogP contribution is 2.41. The van der Waals surface area contributed by atoms with Gasteiger partial charge >= 0.3 is 0 Å². The normalized spacial score (nSPS) is 21.4. The van der Waals surface area contributed by atoms with Gasteiger partial charge in [0.25, 0.3) is 0 Å². The molecule has 5 nitrogen and oxygen atoms in total. The summed E-state index contributed by atoms with van der Waals surface area (Å²) in [5.41, 5.74) is 6.64. The smallest absolute Gasteiger partial charge is 0.168 e. The summed E-state index contributed by atoms with van der Waals surface area (Å²) in [6.07, 6.45) is 8.65. The van der Waals surface area contributed by atoms with Crippen LogP contribution in [0.1, 0.15) is 63.5 Å². The Labute approximate surface area is 120 Å². The van der Waals surface area contributed by atoms with E-state index < -0.39 is 0 Å². The van der Waals surface area contributed by atoms with Gasteiger partial charge in [0, 0.05) is 6.04 Å². The second kappa shape index (κ2) is 5.35. The van der Waals surface area contributed by atoms with Crippen molar-refractivity contribution in [3.8, 4) is 6.07 Å². The minimum atomic E-state index is 0.295. The number of anilines is 2. The molecule has 1 unspecified atom stereocenters. The Morgan fingerprint density at radius 3 is 2.60 bits per heavy atom. The van der Waals surface area contributed by atoms with Crippen molar-refractivity contribution < 1.29 is 0 Å². The Hall–Kier alpha value is -1.70. The first-order valence-electron chi connectivity index (χ1n) is 7.75. The van der Waals surface area contributed by atoms with Crippen molar-refractivity contribution in [1.82, 2.24) is 9.78 Å². The first-order chi connectivity index (χ1) is 9.70. The topological polar surface area (TPSA) is 79.7 Å². The number of nitrogens with one attached hydrogen (secondary N) is 1. The van der Waals surface area contributed by atoms with Gasteiger partial charge in [-0.2, -0.15) is 10.4 Å². The van der Waals surface area contributed by atoms with E-state index in [-0.39, 0.29) is 0 Å². The fourth-order valence-electron chi connectivity index (χ4n) is 3.19. The van der Waals surface area contributed by atoms with Gasteiger partial charge < -0.3 is 11.1 Å². The van der Waals surface area contributed by atoms with Gasteiger partial charge in [-0.3, -0.25) is 0 Å². The van der Waals surface area contributed by atoms with E-state index in [1.54, 1.807) is 0 Å². The summed E-state index contributed by atoms with van der Waals surface area (Å²) < 4.78 is 1.85. The molecule has 0 amide bonds. The maximum Gasteiger partial charge on any atom is 0.168 e. The van der Waals surface area contributed by atoms with Crippen molar-refractivity contribution in [2.24, 2.45) is 5.92 Å². The Kier molecular flexibility index (Phi) is 3.56. The van der Waals surface area contributed by atoms with Crippen LogP contribution >= 0.6 is 0 Å². The molecule has 0 aliphatic heterocycles. The van der Waals surface area contributed by atoms with Gasteiger partial charge in [0.15, 0.2) is 5.82 Å². The van der Waals surface area contributed by atoms with E-state index in [9.17, 15) is 5.26 Å². The van der Waals surface area contributed by atoms with Gasteiger partial charge in [-0.25, -0.2) is 4.68 Å². The van der Waals surface area contributed by atoms with Crippen LogP contribution in [0.2, 0.25) is 0 Å². The van der Waals surface area contributed by atoms with Crippen LogP contribution in [0.15, 0.2) is 0 Å². The van der Waals surface area contributed by atoms with Crippen molar-refractivity contribution in [1.29, 1.82) is 5.26 Å². The molecule has 1 aromatic heterocycles. The molecule has 0 bridgehead atoms. The summed E-state index contributed by atoms with van der Waals surface area (Å²) in [6, 6.07) is 2.95. The highest BCUT2D eigenvalue weighted by atomic mass is 15.4. The second-order valence-corrected chi connectivity index (χ2v) is 6.22. The standard InChI is InChI=1S/C15H23N5/c1-10(11-7-8-11)20-14(17)13(9-16)15(19-20)18-12-5-3-2-4-6-12/h10-12H,2-8,17H2,1H3,(H,18,19). The minimum Gasteiger partial charge on any atom is -0.383 e. The van der Waals surface area contributed by atoms with Crippen molar-refractivity contribution in [3.05, 3.63) is 5.56 Å². The second-order valence-electron chi connectivity index (χ2n) is 6.22. The van der Waals surface area contributed by atoms with E-state index in [1.807, 2.05) is 4.68 Å². The first-order valence-corrected chi connectivity index (χ1v) is 7.75. The van der Waals surface area contributed by atoms with Crippen LogP contribution in [0, 0.1) is 17.2 Å². The molecule has 2 saturated carbocycles. The summed E-state index contributed by atoms with van der Waals surface area (Å²) in [4.78, 5) is 0. The summed E-state index contributed by atoms with van der Waals surface area (Å²) in [5, 5.41) is 17.4. The number of nitrogens with two attached hydrogens (primary N) is 1. The minimum absolute atomic E-state index is 0.295. The zero-order valence-electron chi connectivity index (χ0n) is 12.1. The Morgan fingerprint density at radius 1 is 1.30 bits per heavy atom. The Morgan fingerprint density at radius 2 is 2.00 bits per heavy atom. The molecule has 0 aromatic carbocycles. The molecule has 2 fully saturated rings. The predicted molar refractivity (Wildman–Crippen MR) is 79.3 cm³/mol. The lowest BCUT2D eigenvalue weighted by atomic mass is 9.95.